The number of pyridine rings is 1. The molecule has 6 nitrogen and oxygen atoms in total. The number of nitrogens with two attached hydrogens (primary N) is 1. The van der Waals surface area contributed by atoms with Gasteiger partial charge < -0.3 is 10.6 Å². The molecule has 7 heteroatoms. The molecule has 2 aromatic rings. The second-order valence-corrected chi connectivity index (χ2v) is 7.79. The molecule has 0 atom stereocenters. The third-order valence-corrected chi connectivity index (χ3v) is 5.48. The normalized spacial score (nSPS) is 15.7. The van der Waals surface area contributed by atoms with Crippen LogP contribution in [0.1, 0.15) is 45.7 Å². The molecule has 1 aromatic carbocycles. The molecule has 1 saturated carbocycles. The van der Waals surface area contributed by atoms with Crippen LogP contribution in [0.4, 0.5) is 0 Å². The van der Waals surface area contributed by atoms with Crippen molar-refractivity contribution in [3.05, 3.63) is 63.9 Å². The van der Waals surface area contributed by atoms with Crippen molar-refractivity contribution in [3.8, 4) is 0 Å². The smallest absolute Gasteiger partial charge is 0.280 e. The van der Waals surface area contributed by atoms with Crippen molar-refractivity contribution in [2.45, 2.75) is 24.7 Å². The first-order chi connectivity index (χ1) is 12.8. The molecule has 1 fully saturated rings. The molecule has 1 aliphatic rings. The van der Waals surface area contributed by atoms with Crippen molar-refractivity contribution in [3.63, 3.8) is 0 Å². The second kappa shape index (κ2) is 7.60. The van der Waals surface area contributed by atoms with Crippen LogP contribution in [0.2, 0.25) is 0 Å². The molecule has 1 aromatic heterocycles. The van der Waals surface area contributed by atoms with Gasteiger partial charge in [-0.1, -0.05) is 34.5 Å². The lowest BCUT2D eigenvalue weighted by Gasteiger charge is -2.41. The summed E-state index contributed by atoms with van der Waals surface area (Å²) in [5.41, 5.74) is 7.54. The number of rotatable bonds is 4. The highest BCUT2D eigenvalue weighted by atomic mass is 79.9. The summed E-state index contributed by atoms with van der Waals surface area (Å²) in [6.07, 6.45) is 4.14. The zero-order chi connectivity index (χ0) is 19.6. The van der Waals surface area contributed by atoms with Crippen LogP contribution in [0.15, 0.2) is 52.1 Å². The van der Waals surface area contributed by atoms with E-state index in [1.165, 1.54) is 17.2 Å². The van der Waals surface area contributed by atoms with Crippen LogP contribution in [-0.2, 0) is 5.41 Å². The predicted octanol–water partition coefficient (Wildman–Crippen LogP) is 3.17. The minimum atomic E-state index is -0.452. The molecule has 0 radical (unpaired) electrons. The number of nitrogens with zero attached hydrogens (tertiary/aromatic N) is 3. The van der Waals surface area contributed by atoms with Gasteiger partial charge in [-0.15, -0.1) is 0 Å². The molecule has 0 unspecified atom stereocenters. The molecule has 0 saturated heterocycles. The van der Waals surface area contributed by atoms with E-state index in [-0.39, 0.29) is 17.0 Å². The molecule has 0 spiro atoms. The van der Waals surface area contributed by atoms with E-state index in [4.69, 9.17) is 5.73 Å². The molecule has 140 valence electrons. The number of halogens is 1. The van der Waals surface area contributed by atoms with E-state index in [0.29, 0.717) is 11.4 Å². The molecule has 1 heterocycles. The molecule has 1 aliphatic carbocycles. The van der Waals surface area contributed by atoms with Crippen LogP contribution >= 0.6 is 15.9 Å². The van der Waals surface area contributed by atoms with Crippen molar-refractivity contribution < 1.29 is 9.59 Å². The Balaban J connectivity index is 1.83. The summed E-state index contributed by atoms with van der Waals surface area (Å²) in [6, 6.07) is 11.0. The van der Waals surface area contributed by atoms with E-state index in [1.54, 1.807) is 20.2 Å². The van der Waals surface area contributed by atoms with Crippen LogP contribution in [0.5, 0.6) is 0 Å². The Kier molecular flexibility index (Phi) is 5.41. The quantitative estimate of drug-likeness (QED) is 0.598. The van der Waals surface area contributed by atoms with Crippen molar-refractivity contribution in [2.75, 3.05) is 14.1 Å². The zero-order valence-corrected chi connectivity index (χ0v) is 16.9. The summed E-state index contributed by atoms with van der Waals surface area (Å²) in [5, 5.41) is 0. The molecular weight excluding hydrogens is 408 g/mol. The Labute approximate surface area is 166 Å². The van der Waals surface area contributed by atoms with E-state index in [1.807, 2.05) is 24.3 Å². The van der Waals surface area contributed by atoms with Gasteiger partial charge in [0.1, 0.15) is 11.5 Å². The van der Waals surface area contributed by atoms with Gasteiger partial charge in [0.25, 0.3) is 11.8 Å². The number of carbonyl (C=O) groups is 2. The van der Waals surface area contributed by atoms with Crippen LogP contribution in [0.3, 0.4) is 0 Å². The summed E-state index contributed by atoms with van der Waals surface area (Å²) >= 11 is 3.44. The molecule has 2 amide bonds. The van der Waals surface area contributed by atoms with Crippen LogP contribution in [0, 0.1) is 0 Å². The Morgan fingerprint density at radius 2 is 1.81 bits per heavy atom. The van der Waals surface area contributed by atoms with Gasteiger partial charge in [0.15, 0.2) is 0 Å². The number of hydrogen-bond donors (Lipinski definition) is 1. The monoisotopic (exact) mass is 428 g/mol. The Morgan fingerprint density at radius 3 is 2.30 bits per heavy atom. The summed E-state index contributed by atoms with van der Waals surface area (Å²) in [4.78, 5) is 34.1. The summed E-state index contributed by atoms with van der Waals surface area (Å²) < 4.78 is 0.991. The van der Waals surface area contributed by atoms with Crippen LogP contribution < -0.4 is 5.73 Å². The number of amidine groups is 1. The fourth-order valence-electron chi connectivity index (χ4n) is 3.15. The number of hydrogen-bond acceptors (Lipinski definition) is 3. The van der Waals surface area contributed by atoms with E-state index in [0.717, 1.165) is 29.3 Å². The van der Waals surface area contributed by atoms with Gasteiger partial charge in [-0.25, -0.2) is 0 Å². The molecule has 27 heavy (non-hydrogen) atoms. The fraction of sp³-hybridized carbons (Fsp3) is 0.300. The fourth-order valence-corrected chi connectivity index (χ4v) is 3.41. The van der Waals surface area contributed by atoms with Gasteiger partial charge in [-0.3, -0.25) is 14.6 Å². The number of aliphatic imine (C=N–C) groups is 1. The standard InChI is InChI=1S/C20H21BrN4O2/c1-25(2)18(27)16-9-4-13(12-23-16)17(26)24-19(22)20(10-3-11-20)14-5-7-15(21)8-6-14/h4-9,12H,3,10-11H2,1-2H3,(H2,22,24,26). The lowest BCUT2D eigenvalue weighted by Crippen LogP contribution is -2.47. The maximum absolute atomic E-state index is 12.5. The number of carbonyl (C=O) groups excluding carboxylic acids is 2. The topological polar surface area (TPSA) is 88.7 Å². The summed E-state index contributed by atoms with van der Waals surface area (Å²) in [7, 11) is 3.29. The van der Waals surface area contributed by atoms with E-state index in [9.17, 15) is 9.59 Å². The summed E-state index contributed by atoms with van der Waals surface area (Å²) in [5.74, 6) is -0.345. The number of benzene rings is 1. The van der Waals surface area contributed by atoms with Crippen LogP contribution in [-0.4, -0.2) is 41.6 Å². The first-order valence-corrected chi connectivity index (χ1v) is 9.45. The van der Waals surface area contributed by atoms with Crippen molar-refractivity contribution in [2.24, 2.45) is 10.7 Å². The maximum atomic E-state index is 12.5. The van der Waals surface area contributed by atoms with Crippen molar-refractivity contribution in [1.29, 1.82) is 0 Å². The lowest BCUT2D eigenvalue weighted by molar-refractivity contribution is 0.0821. The molecule has 3 rings (SSSR count). The Bertz CT molecular complexity index is 885. The molecular formula is C20H21BrN4O2. The summed E-state index contributed by atoms with van der Waals surface area (Å²) in [6.45, 7) is 0. The lowest BCUT2D eigenvalue weighted by atomic mass is 9.63. The molecule has 0 bridgehead atoms. The van der Waals surface area contributed by atoms with E-state index >= 15 is 0 Å². The minimum Gasteiger partial charge on any atom is -0.386 e. The third kappa shape index (κ3) is 3.78. The largest absolute Gasteiger partial charge is 0.386 e. The molecule has 2 N–H and O–H groups in total. The van der Waals surface area contributed by atoms with Gasteiger partial charge in [-0.2, -0.15) is 4.99 Å². The van der Waals surface area contributed by atoms with Crippen molar-refractivity contribution >= 4 is 33.6 Å². The van der Waals surface area contributed by atoms with Crippen molar-refractivity contribution in [1.82, 2.24) is 9.88 Å². The van der Waals surface area contributed by atoms with Gasteiger partial charge >= 0.3 is 0 Å². The van der Waals surface area contributed by atoms with Gasteiger partial charge in [0, 0.05) is 24.8 Å². The SMILES string of the molecule is CN(C)C(=O)c1ccc(C(=O)N=C(N)C2(c3ccc(Br)cc3)CCC2)cn1. The first kappa shape index (κ1) is 19.2. The minimum absolute atomic E-state index is 0.222. The highest BCUT2D eigenvalue weighted by molar-refractivity contribution is 9.10. The van der Waals surface area contributed by atoms with E-state index < -0.39 is 5.91 Å². The van der Waals surface area contributed by atoms with Gasteiger partial charge in [-0.05, 0) is 42.7 Å². The first-order valence-electron chi connectivity index (χ1n) is 8.66. The Hall–Kier alpha value is -2.54. The number of aromatic nitrogens is 1. The predicted molar refractivity (Wildman–Crippen MR) is 108 cm³/mol. The third-order valence-electron chi connectivity index (χ3n) is 4.95. The number of amides is 2. The van der Waals surface area contributed by atoms with E-state index in [2.05, 4.69) is 25.9 Å². The average Bonchev–Trinajstić information content (AvgIpc) is 2.61. The molecule has 0 aliphatic heterocycles. The highest BCUT2D eigenvalue weighted by Gasteiger charge is 2.42. The maximum Gasteiger partial charge on any atom is 0.280 e. The zero-order valence-electron chi connectivity index (χ0n) is 15.3. The van der Waals surface area contributed by atoms with Gasteiger partial charge in [0.05, 0.1) is 11.0 Å². The highest BCUT2D eigenvalue weighted by Crippen LogP contribution is 2.44. The second-order valence-electron chi connectivity index (χ2n) is 6.88. The average molecular weight is 429 g/mol. The van der Waals surface area contributed by atoms with Gasteiger partial charge in [0.2, 0.25) is 0 Å². The van der Waals surface area contributed by atoms with Crippen LogP contribution in [0.25, 0.3) is 0 Å². The Morgan fingerprint density at radius 1 is 1.15 bits per heavy atom.